The molecular weight excluding hydrogens is 286 g/mol. The number of aromatic nitrogens is 1. The molecule has 20 heavy (non-hydrogen) atoms. The van der Waals surface area contributed by atoms with Gasteiger partial charge in [0.25, 0.3) is 0 Å². The van der Waals surface area contributed by atoms with Gasteiger partial charge in [-0.05, 0) is 38.2 Å². The Labute approximate surface area is 129 Å². The number of hydrogen-bond acceptors (Lipinski definition) is 5. The van der Waals surface area contributed by atoms with E-state index in [4.69, 9.17) is 5.73 Å². The number of aryl methyl sites for hydroxylation is 1. The molecule has 0 aliphatic rings. The van der Waals surface area contributed by atoms with Gasteiger partial charge in [-0.1, -0.05) is 13.8 Å². The van der Waals surface area contributed by atoms with Crippen molar-refractivity contribution in [3.05, 3.63) is 17.1 Å². The highest BCUT2D eigenvalue weighted by atomic mass is 32.2. The Balaban J connectivity index is 2.22. The molecule has 2 rings (SSSR count). The lowest BCUT2D eigenvalue weighted by Gasteiger charge is -2.30. The van der Waals surface area contributed by atoms with Crippen LogP contribution in [0.25, 0.3) is 10.2 Å². The maximum atomic E-state index is 6.16. The number of hydrogen-bond donors (Lipinski definition) is 2. The summed E-state index contributed by atoms with van der Waals surface area (Å²) in [6.07, 6.45) is 4.48. The zero-order valence-corrected chi connectivity index (χ0v) is 14.3. The molecule has 0 aliphatic carbocycles. The molecule has 0 unspecified atom stereocenters. The Morgan fingerprint density at radius 3 is 2.65 bits per heavy atom. The highest BCUT2D eigenvalue weighted by Gasteiger charge is 2.24. The van der Waals surface area contributed by atoms with Crippen molar-refractivity contribution in [1.82, 2.24) is 4.98 Å². The van der Waals surface area contributed by atoms with Crippen molar-refractivity contribution in [1.29, 1.82) is 0 Å². The van der Waals surface area contributed by atoms with Gasteiger partial charge in [-0.25, -0.2) is 4.98 Å². The fourth-order valence-corrected chi connectivity index (χ4v) is 4.03. The van der Waals surface area contributed by atoms with Crippen molar-refractivity contribution in [2.75, 3.05) is 23.9 Å². The zero-order chi connectivity index (χ0) is 14.8. The SMILES string of the molecule is CCC(CC)(CNc1cc2nc(C)sc2cc1N)SC. The summed E-state index contributed by atoms with van der Waals surface area (Å²) in [5.41, 5.74) is 9.00. The summed E-state index contributed by atoms with van der Waals surface area (Å²) < 4.78 is 1.44. The van der Waals surface area contributed by atoms with Crippen LogP contribution in [-0.2, 0) is 0 Å². The molecule has 1 aromatic carbocycles. The summed E-state index contributed by atoms with van der Waals surface area (Å²) in [4.78, 5) is 4.54. The fraction of sp³-hybridized carbons (Fsp3) is 0.533. The molecule has 0 saturated carbocycles. The van der Waals surface area contributed by atoms with E-state index in [2.05, 4.69) is 36.5 Å². The van der Waals surface area contributed by atoms with Crippen LogP contribution in [0.15, 0.2) is 12.1 Å². The molecular formula is C15H23N3S2. The monoisotopic (exact) mass is 309 g/mol. The normalized spacial score (nSPS) is 12.0. The van der Waals surface area contributed by atoms with Crippen molar-refractivity contribution < 1.29 is 0 Å². The molecule has 0 aliphatic heterocycles. The maximum absolute atomic E-state index is 6.16. The number of thiazole rings is 1. The van der Waals surface area contributed by atoms with E-state index in [1.807, 2.05) is 24.8 Å². The number of anilines is 2. The smallest absolute Gasteiger partial charge is 0.0907 e. The first kappa shape index (κ1) is 15.4. The van der Waals surface area contributed by atoms with Crippen LogP contribution in [-0.4, -0.2) is 22.5 Å². The van der Waals surface area contributed by atoms with Crippen LogP contribution in [0.1, 0.15) is 31.7 Å². The number of nitrogen functional groups attached to an aromatic ring is 1. The van der Waals surface area contributed by atoms with Crippen LogP contribution in [0.5, 0.6) is 0 Å². The second-order valence-electron chi connectivity index (χ2n) is 5.09. The van der Waals surface area contributed by atoms with Crippen LogP contribution in [0.4, 0.5) is 11.4 Å². The molecule has 0 spiro atoms. The number of nitrogens with zero attached hydrogens (tertiary/aromatic N) is 1. The lowest BCUT2D eigenvalue weighted by Crippen LogP contribution is -2.32. The van der Waals surface area contributed by atoms with Crippen LogP contribution < -0.4 is 11.1 Å². The van der Waals surface area contributed by atoms with Crippen LogP contribution in [0.2, 0.25) is 0 Å². The average Bonchev–Trinajstić information content (AvgIpc) is 2.80. The lowest BCUT2D eigenvalue weighted by molar-refractivity contribution is 0.575. The second-order valence-corrected chi connectivity index (χ2v) is 7.60. The number of rotatable bonds is 6. The molecule has 1 aromatic heterocycles. The zero-order valence-electron chi connectivity index (χ0n) is 12.6. The molecule has 0 bridgehead atoms. The molecule has 3 N–H and O–H groups in total. The van der Waals surface area contributed by atoms with Gasteiger partial charge >= 0.3 is 0 Å². The summed E-state index contributed by atoms with van der Waals surface area (Å²) in [7, 11) is 0. The van der Waals surface area contributed by atoms with Gasteiger partial charge in [-0.2, -0.15) is 11.8 Å². The van der Waals surface area contributed by atoms with E-state index in [0.717, 1.165) is 46.0 Å². The van der Waals surface area contributed by atoms with Crippen molar-refractivity contribution in [2.45, 2.75) is 38.4 Å². The highest BCUT2D eigenvalue weighted by Crippen LogP contribution is 2.33. The van der Waals surface area contributed by atoms with E-state index < -0.39 is 0 Å². The summed E-state index contributed by atoms with van der Waals surface area (Å²) in [5.74, 6) is 0. The molecule has 0 saturated heterocycles. The number of fused-ring (bicyclic) bond motifs is 1. The van der Waals surface area contributed by atoms with Crippen LogP contribution in [0, 0.1) is 6.92 Å². The summed E-state index contributed by atoms with van der Waals surface area (Å²) in [5, 5.41) is 4.61. The van der Waals surface area contributed by atoms with Gasteiger partial charge in [-0.15, -0.1) is 11.3 Å². The summed E-state index contributed by atoms with van der Waals surface area (Å²) in [6.45, 7) is 7.46. The molecule has 1 heterocycles. The number of nitrogens with one attached hydrogen (secondary N) is 1. The molecule has 3 nitrogen and oxygen atoms in total. The van der Waals surface area contributed by atoms with E-state index in [1.165, 1.54) is 0 Å². The van der Waals surface area contributed by atoms with Crippen molar-refractivity contribution in [3.8, 4) is 0 Å². The Bertz CT molecular complexity index is 580. The topological polar surface area (TPSA) is 50.9 Å². The Kier molecular flexibility index (Phi) is 4.81. The molecule has 0 atom stereocenters. The maximum Gasteiger partial charge on any atom is 0.0907 e. The van der Waals surface area contributed by atoms with Crippen molar-refractivity contribution in [3.63, 3.8) is 0 Å². The first-order valence-electron chi connectivity index (χ1n) is 6.99. The van der Waals surface area contributed by atoms with Crippen LogP contribution in [0.3, 0.4) is 0 Å². The highest BCUT2D eigenvalue weighted by molar-refractivity contribution is 8.00. The fourth-order valence-electron chi connectivity index (χ4n) is 2.38. The van der Waals surface area contributed by atoms with Crippen molar-refractivity contribution >= 4 is 44.7 Å². The predicted molar refractivity (Wildman–Crippen MR) is 94.1 cm³/mol. The van der Waals surface area contributed by atoms with Gasteiger partial charge in [0.1, 0.15) is 0 Å². The Morgan fingerprint density at radius 1 is 1.35 bits per heavy atom. The third-order valence-corrected chi connectivity index (χ3v) is 6.51. The molecule has 0 amide bonds. The standard InChI is InChI=1S/C15H23N3S2/c1-5-15(6-2,19-4)9-17-12-8-13-14(7-11(12)16)20-10(3)18-13/h7-8,17H,5-6,9,16H2,1-4H3. The second kappa shape index (κ2) is 6.22. The minimum atomic E-state index is 0.277. The number of nitrogens with two attached hydrogens (primary N) is 1. The molecule has 110 valence electrons. The third kappa shape index (κ3) is 3.04. The molecule has 2 aromatic rings. The van der Waals surface area contributed by atoms with Gasteiger partial charge in [0.15, 0.2) is 0 Å². The quantitative estimate of drug-likeness (QED) is 0.770. The van der Waals surface area contributed by atoms with E-state index in [9.17, 15) is 0 Å². The van der Waals surface area contributed by atoms with E-state index in [0.29, 0.717) is 0 Å². The van der Waals surface area contributed by atoms with E-state index >= 15 is 0 Å². The predicted octanol–water partition coefficient (Wildman–Crippen LogP) is 4.52. The average molecular weight is 310 g/mol. The van der Waals surface area contributed by atoms with Gasteiger partial charge < -0.3 is 11.1 Å². The summed E-state index contributed by atoms with van der Waals surface area (Å²) >= 11 is 3.62. The molecule has 0 fully saturated rings. The Hall–Kier alpha value is -0.940. The van der Waals surface area contributed by atoms with Gasteiger partial charge in [0.2, 0.25) is 0 Å². The van der Waals surface area contributed by atoms with Gasteiger partial charge in [0, 0.05) is 11.3 Å². The third-order valence-electron chi connectivity index (χ3n) is 3.99. The minimum Gasteiger partial charge on any atom is -0.397 e. The first-order chi connectivity index (χ1) is 9.53. The molecule has 0 radical (unpaired) electrons. The number of thioether (sulfide) groups is 1. The Morgan fingerprint density at radius 2 is 2.05 bits per heavy atom. The lowest BCUT2D eigenvalue weighted by atomic mass is 10.0. The van der Waals surface area contributed by atoms with Crippen LogP contribution >= 0.6 is 23.1 Å². The largest absolute Gasteiger partial charge is 0.397 e. The van der Waals surface area contributed by atoms with Gasteiger partial charge in [0.05, 0.1) is 26.6 Å². The first-order valence-corrected chi connectivity index (χ1v) is 9.03. The van der Waals surface area contributed by atoms with E-state index in [1.54, 1.807) is 11.3 Å². The molecule has 5 heteroatoms. The van der Waals surface area contributed by atoms with Gasteiger partial charge in [-0.3, -0.25) is 0 Å². The van der Waals surface area contributed by atoms with E-state index in [-0.39, 0.29) is 4.75 Å². The van der Waals surface area contributed by atoms with Crippen molar-refractivity contribution in [2.24, 2.45) is 0 Å². The minimum absolute atomic E-state index is 0.277. The number of benzene rings is 1. The summed E-state index contributed by atoms with van der Waals surface area (Å²) in [6, 6.07) is 4.10.